The standard InChI is InChI=1S/C15H20ClN3O2/c16-9-3-10-17-15(21)18-12-5-7-13(8-6-12)19-11-2-1-4-14(19)20/h5-8H,1-4,9-11H2,(H2,17,18,21). The van der Waals surface area contributed by atoms with E-state index in [1.54, 1.807) is 17.0 Å². The van der Waals surface area contributed by atoms with Crippen LogP contribution in [0, 0.1) is 0 Å². The quantitative estimate of drug-likeness (QED) is 0.649. The second-order valence-electron chi connectivity index (χ2n) is 4.97. The van der Waals surface area contributed by atoms with Crippen LogP contribution in [0.5, 0.6) is 0 Å². The third-order valence-electron chi connectivity index (χ3n) is 3.36. The lowest BCUT2D eigenvalue weighted by atomic mass is 10.1. The molecule has 5 nitrogen and oxygen atoms in total. The van der Waals surface area contributed by atoms with Crippen LogP contribution in [-0.4, -0.2) is 30.9 Å². The van der Waals surface area contributed by atoms with Gasteiger partial charge in [-0.1, -0.05) is 0 Å². The molecule has 0 aromatic heterocycles. The van der Waals surface area contributed by atoms with Crippen molar-refractivity contribution in [1.29, 1.82) is 0 Å². The van der Waals surface area contributed by atoms with Gasteiger partial charge >= 0.3 is 6.03 Å². The van der Waals surface area contributed by atoms with Crippen LogP contribution in [0.3, 0.4) is 0 Å². The number of carbonyl (C=O) groups excluding carboxylic acids is 2. The largest absolute Gasteiger partial charge is 0.338 e. The Kier molecular flexibility index (Phi) is 5.87. The first-order valence-electron chi connectivity index (χ1n) is 7.22. The molecule has 0 unspecified atom stereocenters. The minimum absolute atomic E-state index is 0.167. The third-order valence-corrected chi connectivity index (χ3v) is 3.62. The van der Waals surface area contributed by atoms with Crippen molar-refractivity contribution >= 4 is 34.9 Å². The zero-order chi connectivity index (χ0) is 15.1. The van der Waals surface area contributed by atoms with Gasteiger partial charge in [-0.25, -0.2) is 4.79 Å². The molecule has 2 rings (SSSR count). The molecular weight excluding hydrogens is 290 g/mol. The molecule has 0 spiro atoms. The van der Waals surface area contributed by atoms with Gasteiger partial charge in [0.05, 0.1) is 0 Å². The number of nitrogens with zero attached hydrogens (tertiary/aromatic N) is 1. The van der Waals surface area contributed by atoms with Crippen molar-refractivity contribution < 1.29 is 9.59 Å². The SMILES string of the molecule is O=C(NCCCCl)Nc1ccc(N2CCCCC2=O)cc1. The summed E-state index contributed by atoms with van der Waals surface area (Å²) in [5.74, 6) is 0.694. The van der Waals surface area contributed by atoms with Crippen molar-refractivity contribution in [2.75, 3.05) is 29.2 Å². The van der Waals surface area contributed by atoms with Crippen LogP contribution in [0.4, 0.5) is 16.2 Å². The molecule has 1 aromatic rings. The molecule has 0 saturated carbocycles. The minimum Gasteiger partial charge on any atom is -0.338 e. The first kappa shape index (κ1) is 15.6. The average molecular weight is 310 g/mol. The summed E-state index contributed by atoms with van der Waals surface area (Å²) in [4.78, 5) is 25.2. The van der Waals surface area contributed by atoms with Gasteiger partial charge in [-0.15, -0.1) is 11.6 Å². The zero-order valence-electron chi connectivity index (χ0n) is 11.9. The number of urea groups is 1. The van der Waals surface area contributed by atoms with Crippen LogP contribution in [0.15, 0.2) is 24.3 Å². The molecule has 0 radical (unpaired) electrons. The summed E-state index contributed by atoms with van der Waals surface area (Å²) < 4.78 is 0. The first-order chi connectivity index (χ1) is 10.2. The number of anilines is 2. The predicted octanol–water partition coefficient (Wildman–Crippen LogP) is 2.95. The highest BCUT2D eigenvalue weighted by atomic mass is 35.5. The number of nitrogens with one attached hydrogen (secondary N) is 2. The van der Waals surface area contributed by atoms with Crippen LogP contribution in [-0.2, 0) is 4.79 Å². The van der Waals surface area contributed by atoms with Gasteiger partial charge in [0.1, 0.15) is 0 Å². The van der Waals surface area contributed by atoms with Crippen molar-refractivity contribution in [3.63, 3.8) is 0 Å². The molecule has 3 amide bonds. The maximum Gasteiger partial charge on any atom is 0.319 e. The van der Waals surface area contributed by atoms with Crippen LogP contribution >= 0.6 is 11.6 Å². The Bertz CT molecular complexity index is 490. The molecule has 1 fully saturated rings. The van der Waals surface area contributed by atoms with E-state index in [0.717, 1.165) is 31.5 Å². The van der Waals surface area contributed by atoms with E-state index in [1.165, 1.54) is 0 Å². The fourth-order valence-electron chi connectivity index (χ4n) is 2.25. The monoisotopic (exact) mass is 309 g/mol. The van der Waals surface area contributed by atoms with E-state index >= 15 is 0 Å². The number of carbonyl (C=O) groups is 2. The second-order valence-corrected chi connectivity index (χ2v) is 5.35. The molecular formula is C15H20ClN3O2. The topological polar surface area (TPSA) is 61.4 Å². The molecule has 1 heterocycles. The Hall–Kier alpha value is -1.75. The predicted molar refractivity (Wildman–Crippen MR) is 85.0 cm³/mol. The Morgan fingerprint density at radius 2 is 2.00 bits per heavy atom. The van der Waals surface area contributed by atoms with E-state index in [2.05, 4.69) is 10.6 Å². The van der Waals surface area contributed by atoms with Crippen molar-refractivity contribution in [3.8, 4) is 0 Å². The number of piperidine rings is 1. The number of halogens is 1. The van der Waals surface area contributed by atoms with E-state index < -0.39 is 0 Å². The Morgan fingerprint density at radius 1 is 1.24 bits per heavy atom. The highest BCUT2D eigenvalue weighted by molar-refractivity contribution is 6.17. The Balaban J connectivity index is 1.89. The summed E-state index contributed by atoms with van der Waals surface area (Å²) in [7, 11) is 0. The molecule has 0 bridgehead atoms. The van der Waals surface area contributed by atoms with Gasteiger partial charge in [-0.3, -0.25) is 4.79 Å². The number of rotatable bonds is 5. The van der Waals surface area contributed by atoms with Crippen LogP contribution in [0.25, 0.3) is 0 Å². The number of hydrogen-bond donors (Lipinski definition) is 2. The zero-order valence-corrected chi connectivity index (χ0v) is 12.7. The second kappa shape index (κ2) is 7.88. The van der Waals surface area contributed by atoms with Gasteiger partial charge in [0.25, 0.3) is 0 Å². The summed E-state index contributed by atoms with van der Waals surface area (Å²) in [6, 6.07) is 7.08. The molecule has 0 atom stereocenters. The lowest BCUT2D eigenvalue weighted by Crippen LogP contribution is -2.35. The van der Waals surface area contributed by atoms with Crippen molar-refractivity contribution in [1.82, 2.24) is 5.32 Å². The molecule has 0 aliphatic carbocycles. The lowest BCUT2D eigenvalue weighted by Gasteiger charge is -2.26. The highest BCUT2D eigenvalue weighted by Gasteiger charge is 2.19. The molecule has 21 heavy (non-hydrogen) atoms. The lowest BCUT2D eigenvalue weighted by molar-refractivity contribution is -0.119. The van der Waals surface area contributed by atoms with E-state index in [1.807, 2.05) is 12.1 Å². The molecule has 1 aromatic carbocycles. The normalized spacial score (nSPS) is 14.9. The summed E-state index contributed by atoms with van der Waals surface area (Å²) in [5.41, 5.74) is 1.58. The van der Waals surface area contributed by atoms with Crippen LogP contribution in [0.2, 0.25) is 0 Å². The average Bonchev–Trinajstić information content (AvgIpc) is 2.49. The van der Waals surface area contributed by atoms with E-state index in [0.29, 0.717) is 24.5 Å². The van der Waals surface area contributed by atoms with E-state index in [-0.39, 0.29) is 11.9 Å². The van der Waals surface area contributed by atoms with Gasteiger partial charge in [0.2, 0.25) is 5.91 Å². The summed E-state index contributed by atoms with van der Waals surface area (Å²) in [6.45, 7) is 1.32. The molecule has 6 heteroatoms. The fraction of sp³-hybridized carbons (Fsp3) is 0.467. The molecule has 2 N–H and O–H groups in total. The van der Waals surface area contributed by atoms with Crippen molar-refractivity contribution in [2.24, 2.45) is 0 Å². The molecule has 1 aliphatic heterocycles. The summed E-state index contributed by atoms with van der Waals surface area (Å²) in [5, 5.41) is 5.46. The molecule has 1 aliphatic rings. The maximum atomic E-state index is 11.8. The third kappa shape index (κ3) is 4.63. The number of amides is 3. The van der Waals surface area contributed by atoms with Gasteiger partial charge in [0, 0.05) is 36.8 Å². The van der Waals surface area contributed by atoms with E-state index in [9.17, 15) is 9.59 Å². The van der Waals surface area contributed by atoms with Gasteiger partial charge in [-0.2, -0.15) is 0 Å². The summed E-state index contributed by atoms with van der Waals surface area (Å²) in [6.07, 6.45) is 3.36. The Morgan fingerprint density at radius 3 is 2.67 bits per heavy atom. The maximum absolute atomic E-state index is 11.8. The van der Waals surface area contributed by atoms with Crippen molar-refractivity contribution in [3.05, 3.63) is 24.3 Å². The summed E-state index contributed by atoms with van der Waals surface area (Å²) >= 11 is 5.54. The van der Waals surface area contributed by atoms with Gasteiger partial charge in [-0.05, 0) is 43.5 Å². The van der Waals surface area contributed by atoms with Gasteiger partial charge < -0.3 is 15.5 Å². The first-order valence-corrected chi connectivity index (χ1v) is 7.75. The van der Waals surface area contributed by atoms with Gasteiger partial charge in [0.15, 0.2) is 0 Å². The van der Waals surface area contributed by atoms with Crippen LogP contribution < -0.4 is 15.5 Å². The number of alkyl halides is 1. The number of benzene rings is 1. The minimum atomic E-state index is -0.248. The number of hydrogen-bond acceptors (Lipinski definition) is 2. The smallest absolute Gasteiger partial charge is 0.319 e. The van der Waals surface area contributed by atoms with Crippen LogP contribution in [0.1, 0.15) is 25.7 Å². The Labute approximate surface area is 129 Å². The fourth-order valence-corrected chi connectivity index (χ4v) is 2.38. The van der Waals surface area contributed by atoms with E-state index in [4.69, 9.17) is 11.6 Å². The highest BCUT2D eigenvalue weighted by Crippen LogP contribution is 2.22. The molecule has 114 valence electrons. The van der Waals surface area contributed by atoms with Crippen molar-refractivity contribution in [2.45, 2.75) is 25.7 Å². The molecule has 1 saturated heterocycles.